The van der Waals surface area contributed by atoms with Gasteiger partial charge in [0.05, 0.1) is 16.8 Å². The Morgan fingerprint density at radius 1 is 1.20 bits per heavy atom. The molecule has 3 rings (SSSR count). The molecule has 1 saturated carbocycles. The normalized spacial score (nSPS) is 24.4. The Kier molecular flexibility index (Phi) is 4.16. The van der Waals surface area contributed by atoms with E-state index in [0.29, 0.717) is 0 Å². The fourth-order valence-electron chi connectivity index (χ4n) is 3.99. The van der Waals surface area contributed by atoms with Crippen molar-refractivity contribution in [2.45, 2.75) is 70.4 Å². The number of thiazole rings is 1. The molecule has 2 fully saturated rings. The molecule has 0 bridgehead atoms. The van der Waals surface area contributed by atoms with Gasteiger partial charge in [0.2, 0.25) is 0 Å². The molecule has 2 aliphatic rings. The van der Waals surface area contributed by atoms with Gasteiger partial charge in [-0.3, -0.25) is 4.90 Å². The van der Waals surface area contributed by atoms with Gasteiger partial charge in [0.15, 0.2) is 0 Å². The minimum Gasteiger partial charge on any atom is -0.391 e. The monoisotopic (exact) mass is 294 g/mol. The molecule has 1 unspecified atom stereocenters. The highest BCUT2D eigenvalue weighted by atomic mass is 32.1. The third-order valence-electron chi connectivity index (χ3n) is 5.27. The van der Waals surface area contributed by atoms with Crippen molar-refractivity contribution < 1.29 is 5.11 Å². The minimum atomic E-state index is -0.256. The van der Waals surface area contributed by atoms with Crippen molar-refractivity contribution in [1.82, 2.24) is 9.88 Å². The summed E-state index contributed by atoms with van der Waals surface area (Å²) in [6.07, 6.45) is 7.93. The first kappa shape index (κ1) is 14.5. The first-order valence-corrected chi connectivity index (χ1v) is 8.79. The highest BCUT2D eigenvalue weighted by Crippen LogP contribution is 2.41. The molecule has 0 aromatic carbocycles. The summed E-state index contributed by atoms with van der Waals surface area (Å²) in [5.74, 6) is 0. The number of hydrogen-bond acceptors (Lipinski definition) is 4. The predicted molar refractivity (Wildman–Crippen MR) is 83.3 cm³/mol. The third-order valence-corrected chi connectivity index (χ3v) is 6.36. The van der Waals surface area contributed by atoms with Gasteiger partial charge in [-0.05, 0) is 52.6 Å². The Hall–Kier alpha value is -0.450. The molecule has 4 heteroatoms. The zero-order chi connectivity index (χ0) is 14.2. The van der Waals surface area contributed by atoms with Gasteiger partial charge in [0, 0.05) is 16.8 Å². The second kappa shape index (κ2) is 5.74. The average molecular weight is 294 g/mol. The van der Waals surface area contributed by atoms with Gasteiger partial charge in [0.25, 0.3) is 0 Å². The average Bonchev–Trinajstić information content (AvgIpc) is 3.12. The zero-order valence-electron chi connectivity index (χ0n) is 12.7. The van der Waals surface area contributed by atoms with E-state index < -0.39 is 0 Å². The van der Waals surface area contributed by atoms with Gasteiger partial charge in [-0.2, -0.15) is 0 Å². The van der Waals surface area contributed by atoms with E-state index in [4.69, 9.17) is 0 Å². The fourth-order valence-corrected chi connectivity index (χ4v) is 4.96. The molecule has 1 aromatic rings. The topological polar surface area (TPSA) is 36.4 Å². The summed E-state index contributed by atoms with van der Waals surface area (Å²) >= 11 is 1.75. The standard InChI is InChI=1S/C16H26N2OS/c1-12-13(2)20-15(17-12)11-14(19)16(7-3-4-8-16)18-9-5-6-10-18/h14,19H,3-11H2,1-2H3. The number of aliphatic hydroxyl groups excluding tert-OH is 1. The van der Waals surface area contributed by atoms with Crippen molar-refractivity contribution in [2.75, 3.05) is 13.1 Å². The Balaban J connectivity index is 1.77. The Labute approximate surface area is 126 Å². The van der Waals surface area contributed by atoms with Gasteiger partial charge in [0.1, 0.15) is 0 Å². The molecule has 1 aliphatic heterocycles. The van der Waals surface area contributed by atoms with E-state index >= 15 is 0 Å². The van der Waals surface area contributed by atoms with Crippen LogP contribution < -0.4 is 0 Å². The molecule has 3 nitrogen and oxygen atoms in total. The molecule has 2 heterocycles. The van der Waals surface area contributed by atoms with Gasteiger partial charge in [-0.1, -0.05) is 12.8 Å². The highest BCUT2D eigenvalue weighted by Gasteiger charge is 2.46. The van der Waals surface area contributed by atoms with Crippen molar-refractivity contribution in [3.63, 3.8) is 0 Å². The Morgan fingerprint density at radius 3 is 2.40 bits per heavy atom. The van der Waals surface area contributed by atoms with Crippen LogP contribution in [0.5, 0.6) is 0 Å². The number of aryl methyl sites for hydroxylation is 2. The lowest BCUT2D eigenvalue weighted by Crippen LogP contribution is -2.54. The largest absolute Gasteiger partial charge is 0.391 e. The molecule has 1 N–H and O–H groups in total. The van der Waals surface area contributed by atoms with Crippen LogP contribution >= 0.6 is 11.3 Å². The van der Waals surface area contributed by atoms with Crippen molar-refractivity contribution in [2.24, 2.45) is 0 Å². The first-order chi connectivity index (χ1) is 9.62. The molecule has 0 amide bonds. The van der Waals surface area contributed by atoms with Crippen molar-refractivity contribution in [3.05, 3.63) is 15.6 Å². The summed E-state index contributed by atoms with van der Waals surface area (Å²) in [5, 5.41) is 12.0. The maximum Gasteiger partial charge on any atom is 0.0957 e. The van der Waals surface area contributed by atoms with E-state index in [9.17, 15) is 5.11 Å². The summed E-state index contributed by atoms with van der Waals surface area (Å²) in [7, 11) is 0. The Morgan fingerprint density at radius 2 is 1.85 bits per heavy atom. The number of aromatic nitrogens is 1. The van der Waals surface area contributed by atoms with Crippen molar-refractivity contribution >= 4 is 11.3 Å². The van der Waals surface area contributed by atoms with Crippen LogP contribution in [0.3, 0.4) is 0 Å². The van der Waals surface area contributed by atoms with E-state index in [1.807, 2.05) is 0 Å². The van der Waals surface area contributed by atoms with Crippen LogP contribution in [0.1, 0.15) is 54.1 Å². The molecule has 1 atom stereocenters. The molecule has 20 heavy (non-hydrogen) atoms. The molecule has 112 valence electrons. The number of aliphatic hydroxyl groups is 1. The first-order valence-electron chi connectivity index (χ1n) is 7.98. The minimum absolute atomic E-state index is 0.0456. The SMILES string of the molecule is Cc1nc(CC(O)C2(N3CCCC3)CCCC2)sc1C. The zero-order valence-corrected chi connectivity index (χ0v) is 13.5. The van der Waals surface area contributed by atoms with Crippen molar-refractivity contribution in [1.29, 1.82) is 0 Å². The maximum atomic E-state index is 10.9. The summed E-state index contributed by atoms with van der Waals surface area (Å²) in [4.78, 5) is 8.49. The fraction of sp³-hybridized carbons (Fsp3) is 0.812. The summed E-state index contributed by atoms with van der Waals surface area (Å²) < 4.78 is 0. The van der Waals surface area contributed by atoms with Gasteiger partial charge in [-0.25, -0.2) is 4.98 Å². The summed E-state index contributed by atoms with van der Waals surface area (Å²) in [6.45, 7) is 6.53. The molecule has 1 aliphatic carbocycles. The molecule has 0 spiro atoms. The number of nitrogens with zero attached hydrogens (tertiary/aromatic N) is 2. The second-order valence-corrected chi connectivity index (χ2v) is 7.76. The van der Waals surface area contributed by atoms with Crippen LogP contribution in [0.25, 0.3) is 0 Å². The summed E-state index contributed by atoms with van der Waals surface area (Å²) in [5.41, 5.74) is 1.17. The van der Waals surface area contributed by atoms with Gasteiger partial charge in [-0.15, -0.1) is 11.3 Å². The predicted octanol–water partition coefficient (Wildman–Crippen LogP) is 3.07. The quantitative estimate of drug-likeness (QED) is 0.927. The molecule has 0 radical (unpaired) electrons. The van der Waals surface area contributed by atoms with Crippen LogP contribution in [0.2, 0.25) is 0 Å². The summed E-state index contributed by atoms with van der Waals surface area (Å²) in [6, 6.07) is 0. The molecule has 1 saturated heterocycles. The van der Waals surface area contributed by atoms with Gasteiger partial charge >= 0.3 is 0 Å². The van der Waals surface area contributed by atoms with Crippen molar-refractivity contribution in [3.8, 4) is 0 Å². The van der Waals surface area contributed by atoms with Crippen LogP contribution in [-0.2, 0) is 6.42 Å². The van der Waals surface area contributed by atoms with E-state index in [-0.39, 0.29) is 11.6 Å². The molecular formula is C16H26N2OS. The number of rotatable bonds is 4. The second-order valence-electron chi connectivity index (χ2n) is 6.47. The van der Waals surface area contributed by atoms with Gasteiger partial charge < -0.3 is 5.11 Å². The lowest BCUT2D eigenvalue weighted by molar-refractivity contribution is -0.0172. The van der Waals surface area contributed by atoms with E-state index in [1.54, 1.807) is 11.3 Å². The molecule has 1 aromatic heterocycles. The van der Waals surface area contributed by atoms with Crippen LogP contribution in [0.15, 0.2) is 0 Å². The third kappa shape index (κ3) is 2.53. The van der Waals surface area contributed by atoms with Crippen LogP contribution in [-0.4, -0.2) is 39.7 Å². The lowest BCUT2D eigenvalue weighted by atomic mass is 9.86. The van der Waals surface area contributed by atoms with Crippen LogP contribution in [0.4, 0.5) is 0 Å². The lowest BCUT2D eigenvalue weighted by Gasteiger charge is -2.42. The molecular weight excluding hydrogens is 268 g/mol. The van der Waals surface area contributed by atoms with E-state index in [2.05, 4.69) is 23.7 Å². The maximum absolute atomic E-state index is 10.9. The number of hydrogen-bond donors (Lipinski definition) is 1. The highest BCUT2D eigenvalue weighted by molar-refractivity contribution is 7.11. The van der Waals surface area contributed by atoms with E-state index in [1.165, 1.54) is 43.6 Å². The van der Waals surface area contributed by atoms with E-state index in [0.717, 1.165) is 30.0 Å². The Bertz CT molecular complexity index is 440. The number of likely N-dealkylation sites (tertiary alicyclic amines) is 1. The smallest absolute Gasteiger partial charge is 0.0957 e. The van der Waals surface area contributed by atoms with Crippen LogP contribution in [0, 0.1) is 13.8 Å².